The second kappa shape index (κ2) is 10.8. The van der Waals surface area contributed by atoms with Crippen LogP contribution in [-0.4, -0.2) is 30.1 Å². The Bertz CT molecular complexity index is 1550. The Morgan fingerprint density at radius 1 is 1.03 bits per heavy atom. The molecule has 0 saturated heterocycles. The Balaban J connectivity index is 1.53. The maximum atomic E-state index is 13.7. The van der Waals surface area contributed by atoms with Crippen LogP contribution in [0.3, 0.4) is 0 Å². The lowest BCUT2D eigenvalue weighted by Gasteiger charge is -2.32. The van der Waals surface area contributed by atoms with Gasteiger partial charge in [-0.15, -0.1) is 5.10 Å². The number of aryl methyl sites for hydroxylation is 1. The first kappa shape index (κ1) is 24.3. The smallest absolute Gasteiger partial charge is 0.253 e. The predicted octanol–water partition coefficient (Wildman–Crippen LogP) is 5.71. The Hall–Kier alpha value is -4.04. The molecule has 5 aromatic rings. The van der Waals surface area contributed by atoms with Crippen LogP contribution in [0.1, 0.15) is 72.5 Å². The van der Waals surface area contributed by atoms with E-state index in [1.165, 1.54) is 6.42 Å². The number of aromatic amines is 1. The molecule has 38 heavy (non-hydrogen) atoms. The lowest BCUT2D eigenvalue weighted by Crippen LogP contribution is -2.35. The predicted molar refractivity (Wildman–Crippen MR) is 145 cm³/mol. The van der Waals surface area contributed by atoms with Crippen molar-refractivity contribution >= 4 is 10.9 Å². The summed E-state index contributed by atoms with van der Waals surface area (Å²) >= 11 is 0. The van der Waals surface area contributed by atoms with Gasteiger partial charge in [-0.1, -0.05) is 61.2 Å². The van der Waals surface area contributed by atoms with Crippen LogP contribution in [0.25, 0.3) is 10.9 Å². The molecule has 8 nitrogen and oxygen atoms in total. The molecule has 1 aliphatic carbocycles. The lowest BCUT2D eigenvalue weighted by molar-refractivity contribution is 0.173. The number of benzene rings is 2. The van der Waals surface area contributed by atoms with E-state index in [9.17, 15) is 4.79 Å². The van der Waals surface area contributed by atoms with Gasteiger partial charge in [0.15, 0.2) is 5.82 Å². The van der Waals surface area contributed by atoms with E-state index in [4.69, 9.17) is 4.42 Å². The first-order valence-corrected chi connectivity index (χ1v) is 13.4. The van der Waals surface area contributed by atoms with E-state index in [0.29, 0.717) is 24.5 Å². The quantitative estimate of drug-likeness (QED) is 0.288. The molecule has 194 valence electrons. The third-order valence-corrected chi connectivity index (χ3v) is 7.54. The van der Waals surface area contributed by atoms with Crippen molar-refractivity contribution in [2.24, 2.45) is 0 Å². The fourth-order valence-electron chi connectivity index (χ4n) is 5.67. The maximum Gasteiger partial charge on any atom is 0.253 e. The third kappa shape index (κ3) is 5.04. The highest BCUT2D eigenvalue weighted by Gasteiger charge is 2.33. The number of pyridine rings is 1. The zero-order valence-corrected chi connectivity index (χ0v) is 21.6. The van der Waals surface area contributed by atoms with Crippen LogP contribution >= 0.6 is 0 Å². The van der Waals surface area contributed by atoms with Crippen LogP contribution in [0.2, 0.25) is 0 Å². The highest BCUT2D eigenvalue weighted by Crippen LogP contribution is 2.34. The number of nitrogens with zero attached hydrogens (tertiary/aromatic N) is 5. The van der Waals surface area contributed by atoms with Crippen LogP contribution in [0.15, 0.2) is 82.2 Å². The summed E-state index contributed by atoms with van der Waals surface area (Å²) in [5, 5.41) is 14.2. The Morgan fingerprint density at radius 3 is 2.66 bits per heavy atom. The molecule has 1 N–H and O–H groups in total. The number of rotatable bonds is 8. The summed E-state index contributed by atoms with van der Waals surface area (Å²) in [6, 6.07) is 22.0. The topological polar surface area (TPSA) is 92.8 Å². The first-order valence-electron chi connectivity index (χ1n) is 13.4. The van der Waals surface area contributed by atoms with Gasteiger partial charge in [-0.25, -0.2) is 4.68 Å². The van der Waals surface area contributed by atoms with Gasteiger partial charge in [-0.3, -0.25) is 9.69 Å². The summed E-state index contributed by atoms with van der Waals surface area (Å²) in [5.74, 6) is 1.51. The number of hydrogen-bond acceptors (Lipinski definition) is 6. The SMILES string of the molecule is Cc1ccc2[nH]c(=O)c(C(c3nnnn3C3CCCCC3)N(Cc3ccccc3)Cc3ccco3)cc2c1. The normalized spacial score (nSPS) is 15.3. The molecule has 0 bridgehead atoms. The van der Waals surface area contributed by atoms with Gasteiger partial charge in [0.1, 0.15) is 11.8 Å². The monoisotopic (exact) mass is 508 g/mol. The molecule has 6 rings (SSSR count). The van der Waals surface area contributed by atoms with E-state index in [1.807, 2.05) is 53.2 Å². The molecule has 1 saturated carbocycles. The number of H-pyrrole nitrogens is 1. The summed E-state index contributed by atoms with van der Waals surface area (Å²) in [7, 11) is 0. The minimum atomic E-state index is -0.481. The summed E-state index contributed by atoms with van der Waals surface area (Å²) in [5.41, 5.74) is 3.57. The largest absolute Gasteiger partial charge is 0.468 e. The molecule has 2 aromatic carbocycles. The zero-order chi connectivity index (χ0) is 25.9. The van der Waals surface area contributed by atoms with Crippen molar-refractivity contribution in [1.82, 2.24) is 30.1 Å². The first-order chi connectivity index (χ1) is 18.7. The van der Waals surface area contributed by atoms with Gasteiger partial charge < -0.3 is 9.40 Å². The van der Waals surface area contributed by atoms with Gasteiger partial charge in [-0.2, -0.15) is 0 Å². The minimum Gasteiger partial charge on any atom is -0.468 e. The average molecular weight is 509 g/mol. The van der Waals surface area contributed by atoms with Crippen LogP contribution in [0, 0.1) is 6.92 Å². The minimum absolute atomic E-state index is 0.137. The van der Waals surface area contributed by atoms with Gasteiger partial charge in [0.05, 0.1) is 18.8 Å². The van der Waals surface area contributed by atoms with Gasteiger partial charge in [0.2, 0.25) is 0 Å². The van der Waals surface area contributed by atoms with E-state index < -0.39 is 6.04 Å². The highest BCUT2D eigenvalue weighted by molar-refractivity contribution is 5.79. The molecule has 0 radical (unpaired) electrons. The Morgan fingerprint density at radius 2 is 1.87 bits per heavy atom. The van der Waals surface area contributed by atoms with Crippen molar-refractivity contribution in [2.75, 3.05) is 0 Å². The number of hydrogen-bond donors (Lipinski definition) is 1. The van der Waals surface area contributed by atoms with Crippen LogP contribution in [0.5, 0.6) is 0 Å². The summed E-state index contributed by atoms with van der Waals surface area (Å²) in [6.07, 6.45) is 7.31. The molecule has 3 heterocycles. The van der Waals surface area contributed by atoms with E-state index >= 15 is 0 Å². The van der Waals surface area contributed by atoms with Gasteiger partial charge >= 0.3 is 0 Å². The molecule has 3 aromatic heterocycles. The molecular formula is C30H32N6O2. The number of furan rings is 1. The average Bonchev–Trinajstić information content (AvgIpc) is 3.63. The number of tetrazole rings is 1. The van der Waals surface area contributed by atoms with Crippen LogP contribution < -0.4 is 5.56 Å². The van der Waals surface area contributed by atoms with Crippen molar-refractivity contribution in [3.05, 3.63) is 112 Å². The van der Waals surface area contributed by atoms with Crippen molar-refractivity contribution in [2.45, 2.75) is 64.2 Å². The van der Waals surface area contributed by atoms with E-state index in [0.717, 1.165) is 53.5 Å². The van der Waals surface area contributed by atoms with Crippen molar-refractivity contribution in [1.29, 1.82) is 0 Å². The molecular weight excluding hydrogens is 476 g/mol. The van der Waals surface area contributed by atoms with Gasteiger partial charge in [-0.05, 0) is 71.5 Å². The lowest BCUT2D eigenvalue weighted by atomic mass is 9.95. The number of nitrogens with one attached hydrogen (secondary N) is 1. The third-order valence-electron chi connectivity index (χ3n) is 7.54. The summed E-state index contributed by atoms with van der Waals surface area (Å²) in [4.78, 5) is 19.1. The van der Waals surface area contributed by atoms with Crippen molar-refractivity contribution in [3.63, 3.8) is 0 Å². The molecule has 8 heteroatoms. The Labute approximate surface area is 221 Å². The van der Waals surface area contributed by atoms with E-state index in [1.54, 1.807) is 6.26 Å². The van der Waals surface area contributed by atoms with Crippen LogP contribution in [0.4, 0.5) is 0 Å². The van der Waals surface area contributed by atoms with E-state index in [2.05, 4.69) is 50.5 Å². The number of fused-ring (bicyclic) bond motifs is 1. The molecule has 0 spiro atoms. The summed E-state index contributed by atoms with van der Waals surface area (Å²) < 4.78 is 7.76. The van der Waals surface area contributed by atoms with Gasteiger partial charge in [0.25, 0.3) is 5.56 Å². The molecule has 1 unspecified atom stereocenters. The molecule has 0 aliphatic heterocycles. The van der Waals surface area contributed by atoms with Crippen LogP contribution in [-0.2, 0) is 13.1 Å². The fourth-order valence-corrected chi connectivity index (χ4v) is 5.67. The summed E-state index contributed by atoms with van der Waals surface area (Å²) in [6.45, 7) is 3.15. The molecule has 1 aliphatic rings. The van der Waals surface area contributed by atoms with Crippen molar-refractivity contribution < 1.29 is 4.42 Å². The maximum absolute atomic E-state index is 13.7. The molecule has 0 amide bonds. The highest BCUT2D eigenvalue weighted by atomic mass is 16.3. The molecule has 1 fully saturated rings. The van der Waals surface area contributed by atoms with E-state index in [-0.39, 0.29) is 11.6 Å². The molecule has 1 atom stereocenters. The standard InChI is InChI=1S/C30H32N6O2/c1-21-14-15-27-23(17-21)18-26(30(37)31-27)28(29-32-33-34-36(29)24-11-6-3-7-12-24)35(20-25-13-8-16-38-25)19-22-9-4-2-5-10-22/h2,4-5,8-10,13-18,24,28H,3,6-7,11-12,19-20H2,1H3,(H,31,37). The second-order valence-electron chi connectivity index (χ2n) is 10.3. The van der Waals surface area contributed by atoms with Crippen molar-refractivity contribution in [3.8, 4) is 0 Å². The van der Waals surface area contributed by atoms with Gasteiger partial charge in [0, 0.05) is 17.6 Å². The zero-order valence-electron chi connectivity index (χ0n) is 21.6. The second-order valence-corrected chi connectivity index (χ2v) is 10.3. The fraction of sp³-hybridized carbons (Fsp3) is 0.333. The Kier molecular flexibility index (Phi) is 6.88. The number of aromatic nitrogens is 5.